The predicted octanol–water partition coefficient (Wildman–Crippen LogP) is 6.75. The fourth-order valence-electron chi connectivity index (χ4n) is 4.74. The van der Waals surface area contributed by atoms with Crippen LogP contribution in [0.15, 0.2) is 90.3 Å². The first-order valence-corrected chi connectivity index (χ1v) is 13.8. The van der Waals surface area contributed by atoms with Crippen LogP contribution < -0.4 is 29.4 Å². The molecule has 8 nitrogen and oxygen atoms in total. The molecule has 5 rings (SSSR count). The van der Waals surface area contributed by atoms with E-state index in [9.17, 15) is 10.1 Å². The average Bonchev–Trinajstić information content (AvgIpc) is 2.99. The van der Waals surface area contributed by atoms with Crippen LogP contribution in [0.5, 0.6) is 28.7 Å². The van der Waals surface area contributed by atoms with Crippen LogP contribution in [0.3, 0.4) is 0 Å². The summed E-state index contributed by atoms with van der Waals surface area (Å²) in [6.45, 7) is 3.93. The molecular weight excluding hydrogens is 568 g/mol. The third kappa shape index (κ3) is 6.69. The lowest BCUT2D eigenvalue weighted by Crippen LogP contribution is -2.22. The van der Waals surface area contributed by atoms with Crippen molar-refractivity contribution in [2.45, 2.75) is 26.4 Å². The van der Waals surface area contributed by atoms with Gasteiger partial charge in [0.15, 0.2) is 18.1 Å². The molecule has 0 aromatic heterocycles. The zero-order valence-corrected chi connectivity index (χ0v) is 24.6. The number of rotatable bonds is 9. The van der Waals surface area contributed by atoms with Gasteiger partial charge in [0.25, 0.3) is 0 Å². The second-order valence-electron chi connectivity index (χ2n) is 9.98. The number of methoxy groups -OCH3 is 1. The Morgan fingerprint density at radius 1 is 0.953 bits per heavy atom. The number of aryl methyl sites for hydroxylation is 2. The number of carbonyl (C=O) groups is 1. The van der Waals surface area contributed by atoms with Gasteiger partial charge in [-0.2, -0.15) is 5.26 Å². The Hall–Kier alpha value is -5.13. The molecule has 0 spiro atoms. The predicted molar refractivity (Wildman–Crippen MR) is 162 cm³/mol. The number of hydrogen-bond acceptors (Lipinski definition) is 8. The summed E-state index contributed by atoms with van der Waals surface area (Å²) in [4.78, 5) is 12.5. The summed E-state index contributed by atoms with van der Waals surface area (Å²) in [5, 5.41) is 10.6. The van der Waals surface area contributed by atoms with Crippen molar-refractivity contribution in [3.63, 3.8) is 0 Å². The molecule has 0 bridgehead atoms. The van der Waals surface area contributed by atoms with Gasteiger partial charge in [-0.25, -0.2) is 4.79 Å². The second-order valence-corrected chi connectivity index (χ2v) is 10.4. The standard InChI is InChI=1S/C34H29ClN2O6/c1-20-4-6-22(7-5-20)18-40-29-12-8-23(15-31(29)39-3)33-26-11-10-25(16-30(26)43-34(37)27(33)17-36)42-32(38)19-41-28-13-9-24(35)14-21(28)2/h4-16,33H,18-19,37H2,1-3H3. The highest BCUT2D eigenvalue weighted by molar-refractivity contribution is 6.30. The molecular formula is C34H29ClN2O6. The van der Waals surface area contributed by atoms with Gasteiger partial charge in [0.1, 0.15) is 35.5 Å². The number of allylic oxidation sites excluding steroid dienone is 1. The highest BCUT2D eigenvalue weighted by Gasteiger charge is 2.32. The Labute approximate surface area is 254 Å². The minimum Gasteiger partial charge on any atom is -0.493 e. The minimum absolute atomic E-state index is 0.0383. The summed E-state index contributed by atoms with van der Waals surface area (Å²) in [6.07, 6.45) is 0. The summed E-state index contributed by atoms with van der Waals surface area (Å²) >= 11 is 5.98. The lowest BCUT2D eigenvalue weighted by atomic mass is 9.83. The first kappa shape index (κ1) is 29.4. The summed E-state index contributed by atoms with van der Waals surface area (Å²) in [5.74, 6) is 1.02. The van der Waals surface area contributed by atoms with E-state index in [4.69, 9.17) is 41.0 Å². The maximum atomic E-state index is 12.5. The number of halogens is 1. The molecule has 0 saturated carbocycles. The van der Waals surface area contributed by atoms with Crippen molar-refractivity contribution < 1.29 is 28.5 Å². The van der Waals surface area contributed by atoms with Gasteiger partial charge in [0.2, 0.25) is 5.88 Å². The number of esters is 1. The Bertz CT molecular complexity index is 1740. The van der Waals surface area contributed by atoms with E-state index in [1.165, 1.54) is 5.56 Å². The maximum absolute atomic E-state index is 12.5. The van der Waals surface area contributed by atoms with E-state index < -0.39 is 11.9 Å². The number of nitrogens with zero attached hydrogens (tertiary/aromatic N) is 1. The van der Waals surface area contributed by atoms with E-state index in [0.717, 1.165) is 16.7 Å². The fraction of sp³-hybridized carbons (Fsp3) is 0.176. The summed E-state index contributed by atoms with van der Waals surface area (Å²) in [6, 6.07) is 25.8. The molecule has 1 aliphatic rings. The van der Waals surface area contributed by atoms with Crippen LogP contribution in [0.25, 0.3) is 0 Å². The van der Waals surface area contributed by atoms with Crippen LogP contribution in [-0.4, -0.2) is 19.7 Å². The van der Waals surface area contributed by atoms with Gasteiger partial charge in [-0.1, -0.05) is 53.6 Å². The van der Waals surface area contributed by atoms with Gasteiger partial charge in [0.05, 0.1) is 13.0 Å². The summed E-state index contributed by atoms with van der Waals surface area (Å²) in [7, 11) is 1.56. The molecule has 0 fully saturated rings. The average molecular weight is 597 g/mol. The second kappa shape index (κ2) is 12.8. The van der Waals surface area contributed by atoms with Gasteiger partial charge >= 0.3 is 5.97 Å². The molecule has 1 atom stereocenters. The quantitative estimate of drug-likeness (QED) is 0.167. The van der Waals surface area contributed by atoms with Crippen LogP contribution in [-0.2, 0) is 11.4 Å². The Morgan fingerprint density at radius 3 is 2.44 bits per heavy atom. The van der Waals surface area contributed by atoms with Crippen molar-refractivity contribution in [1.29, 1.82) is 5.26 Å². The number of carbonyl (C=O) groups excluding carboxylic acids is 1. The molecule has 218 valence electrons. The zero-order chi connectivity index (χ0) is 30.5. The molecule has 43 heavy (non-hydrogen) atoms. The van der Waals surface area contributed by atoms with E-state index in [-0.39, 0.29) is 23.8 Å². The van der Waals surface area contributed by atoms with E-state index in [1.54, 1.807) is 49.6 Å². The molecule has 0 amide bonds. The van der Waals surface area contributed by atoms with Crippen LogP contribution in [0.2, 0.25) is 5.02 Å². The fourth-order valence-corrected chi connectivity index (χ4v) is 4.97. The number of ether oxygens (including phenoxy) is 5. The molecule has 1 unspecified atom stereocenters. The summed E-state index contributed by atoms with van der Waals surface area (Å²) in [5.41, 5.74) is 10.9. The number of nitrogens with two attached hydrogens (primary N) is 1. The highest BCUT2D eigenvalue weighted by atomic mass is 35.5. The van der Waals surface area contributed by atoms with Crippen molar-refractivity contribution in [3.8, 4) is 34.8 Å². The minimum atomic E-state index is -0.603. The molecule has 0 saturated heterocycles. The van der Waals surface area contributed by atoms with Crippen LogP contribution in [0, 0.1) is 25.2 Å². The van der Waals surface area contributed by atoms with Crippen LogP contribution in [0.1, 0.15) is 33.7 Å². The number of benzene rings is 4. The first-order chi connectivity index (χ1) is 20.7. The molecule has 0 aliphatic carbocycles. The lowest BCUT2D eigenvalue weighted by molar-refractivity contribution is -0.136. The van der Waals surface area contributed by atoms with Crippen LogP contribution >= 0.6 is 11.6 Å². The molecule has 1 aliphatic heterocycles. The third-order valence-corrected chi connectivity index (χ3v) is 7.18. The van der Waals surface area contributed by atoms with Gasteiger partial charge < -0.3 is 29.4 Å². The smallest absolute Gasteiger partial charge is 0.349 e. The zero-order valence-electron chi connectivity index (χ0n) is 23.8. The first-order valence-electron chi connectivity index (χ1n) is 13.4. The maximum Gasteiger partial charge on any atom is 0.349 e. The molecule has 0 radical (unpaired) electrons. The van der Waals surface area contributed by atoms with Crippen LogP contribution in [0.4, 0.5) is 0 Å². The third-order valence-electron chi connectivity index (χ3n) is 6.94. The largest absolute Gasteiger partial charge is 0.493 e. The molecule has 4 aromatic carbocycles. The lowest BCUT2D eigenvalue weighted by Gasteiger charge is -2.27. The topological polar surface area (TPSA) is 113 Å². The molecule has 2 N–H and O–H groups in total. The summed E-state index contributed by atoms with van der Waals surface area (Å²) < 4.78 is 28.5. The molecule has 1 heterocycles. The SMILES string of the molecule is COc1cc(C2C(C#N)=C(N)Oc3cc(OC(=O)COc4ccc(Cl)cc4C)ccc32)ccc1OCc1ccc(C)cc1. The number of fused-ring (bicyclic) bond motifs is 1. The van der Waals surface area contributed by atoms with Gasteiger partial charge in [-0.05, 0) is 66.9 Å². The van der Waals surface area contributed by atoms with Crippen molar-refractivity contribution >= 4 is 17.6 Å². The Morgan fingerprint density at radius 2 is 1.72 bits per heavy atom. The molecule has 9 heteroatoms. The molecule has 4 aromatic rings. The van der Waals surface area contributed by atoms with E-state index in [0.29, 0.717) is 40.2 Å². The van der Waals surface area contributed by atoms with Gasteiger partial charge in [-0.15, -0.1) is 0 Å². The van der Waals surface area contributed by atoms with Crippen molar-refractivity contribution in [2.24, 2.45) is 5.73 Å². The number of hydrogen-bond donors (Lipinski definition) is 1. The highest BCUT2D eigenvalue weighted by Crippen LogP contribution is 2.45. The van der Waals surface area contributed by atoms with Crippen molar-refractivity contribution in [1.82, 2.24) is 0 Å². The van der Waals surface area contributed by atoms with Crippen molar-refractivity contribution in [3.05, 3.63) is 123 Å². The van der Waals surface area contributed by atoms with Gasteiger partial charge in [0, 0.05) is 16.7 Å². The number of nitriles is 1. The van der Waals surface area contributed by atoms with E-state index >= 15 is 0 Å². The Balaban J connectivity index is 1.35. The van der Waals surface area contributed by atoms with Crippen molar-refractivity contribution in [2.75, 3.05) is 13.7 Å². The Kier molecular flexibility index (Phi) is 8.74. The van der Waals surface area contributed by atoms with Gasteiger partial charge in [-0.3, -0.25) is 0 Å². The monoisotopic (exact) mass is 596 g/mol. The van der Waals surface area contributed by atoms with E-state index in [2.05, 4.69) is 6.07 Å². The van der Waals surface area contributed by atoms with E-state index in [1.807, 2.05) is 50.2 Å². The normalized spacial score (nSPS) is 13.8.